The zero-order chi connectivity index (χ0) is 13.7. The van der Waals surface area contributed by atoms with Crippen molar-refractivity contribution in [3.63, 3.8) is 0 Å². The number of aliphatic hydroxyl groups is 1. The van der Waals surface area contributed by atoms with Gasteiger partial charge in [-0.15, -0.1) is 0 Å². The minimum Gasteiger partial charge on any atom is -0.394 e. The van der Waals surface area contributed by atoms with Crippen LogP contribution in [0.2, 0.25) is 0 Å². The van der Waals surface area contributed by atoms with Gasteiger partial charge in [-0.2, -0.15) is 0 Å². The van der Waals surface area contributed by atoms with Crippen LogP contribution in [0.4, 0.5) is 0 Å². The molecule has 1 aliphatic rings. The summed E-state index contributed by atoms with van der Waals surface area (Å²) in [6.07, 6.45) is 1.72. The summed E-state index contributed by atoms with van der Waals surface area (Å²) in [5.74, 6) is 0.102. The molecule has 3 atom stereocenters. The lowest BCUT2D eigenvalue weighted by molar-refractivity contribution is -0.127. The van der Waals surface area contributed by atoms with E-state index in [9.17, 15) is 9.90 Å². The molecule has 0 aromatic heterocycles. The molecular weight excluding hydrogens is 240 g/mol. The molecular formula is C15H22N2O2. The van der Waals surface area contributed by atoms with E-state index in [1.165, 1.54) is 0 Å². The summed E-state index contributed by atoms with van der Waals surface area (Å²) < 4.78 is 0. The Morgan fingerprint density at radius 1 is 1.47 bits per heavy atom. The third kappa shape index (κ3) is 3.78. The monoisotopic (exact) mass is 262 g/mol. The summed E-state index contributed by atoms with van der Waals surface area (Å²) in [6.45, 7) is 2.91. The number of carbonyl (C=O) groups excluding carboxylic acids is 1. The first-order chi connectivity index (χ1) is 9.20. The Morgan fingerprint density at radius 2 is 2.21 bits per heavy atom. The Labute approximate surface area is 114 Å². The van der Waals surface area contributed by atoms with E-state index in [0.29, 0.717) is 6.04 Å². The molecule has 1 fully saturated rings. The molecule has 1 saturated heterocycles. The second-order valence-corrected chi connectivity index (χ2v) is 5.23. The summed E-state index contributed by atoms with van der Waals surface area (Å²) in [4.78, 5) is 12.2. The number of aliphatic hydroxyl groups excluding tert-OH is 1. The zero-order valence-electron chi connectivity index (χ0n) is 11.3. The van der Waals surface area contributed by atoms with E-state index in [-0.39, 0.29) is 24.5 Å². The van der Waals surface area contributed by atoms with Crippen LogP contribution in [0.15, 0.2) is 30.3 Å². The second kappa shape index (κ2) is 6.68. The van der Waals surface area contributed by atoms with Gasteiger partial charge in [0.25, 0.3) is 0 Å². The molecule has 1 aliphatic heterocycles. The van der Waals surface area contributed by atoms with Gasteiger partial charge in [-0.1, -0.05) is 30.3 Å². The normalized spacial score (nSPS) is 24.7. The lowest BCUT2D eigenvalue weighted by atomic mass is 9.92. The number of amides is 1. The van der Waals surface area contributed by atoms with Gasteiger partial charge in [0.1, 0.15) is 0 Å². The highest BCUT2D eigenvalue weighted by Crippen LogP contribution is 2.18. The van der Waals surface area contributed by atoms with Crippen molar-refractivity contribution in [2.45, 2.75) is 31.8 Å². The third-order valence-electron chi connectivity index (χ3n) is 3.70. The lowest BCUT2D eigenvalue weighted by Crippen LogP contribution is -2.43. The molecule has 1 heterocycles. The predicted molar refractivity (Wildman–Crippen MR) is 74.6 cm³/mol. The highest BCUT2D eigenvalue weighted by molar-refractivity contribution is 5.79. The van der Waals surface area contributed by atoms with Crippen molar-refractivity contribution in [3.8, 4) is 0 Å². The second-order valence-electron chi connectivity index (χ2n) is 5.23. The molecule has 0 bridgehead atoms. The number of carbonyl (C=O) groups is 1. The summed E-state index contributed by atoms with van der Waals surface area (Å²) in [6, 6.07) is 9.67. The first-order valence-corrected chi connectivity index (χ1v) is 6.90. The number of piperidine rings is 1. The molecule has 0 aliphatic carbocycles. The molecule has 4 heteroatoms. The predicted octanol–water partition coefficient (Wildman–Crippen LogP) is 1.22. The van der Waals surface area contributed by atoms with E-state index in [4.69, 9.17) is 0 Å². The molecule has 1 aromatic rings. The average Bonchev–Trinajstić information content (AvgIpc) is 2.45. The quantitative estimate of drug-likeness (QED) is 0.764. The standard InChI is InChI=1S/C15H22N2O2/c1-11-9-13(7-8-16-11)15(19)17-14(10-18)12-5-3-2-4-6-12/h2-6,11,13-14,16,18H,7-10H2,1H3,(H,17,19). The fraction of sp³-hybridized carbons (Fsp3) is 0.533. The minimum atomic E-state index is -0.307. The number of nitrogens with one attached hydrogen (secondary N) is 2. The number of hydrogen-bond acceptors (Lipinski definition) is 3. The summed E-state index contributed by atoms with van der Waals surface area (Å²) in [5.41, 5.74) is 0.945. The van der Waals surface area contributed by atoms with Gasteiger partial charge in [0.15, 0.2) is 0 Å². The zero-order valence-corrected chi connectivity index (χ0v) is 11.3. The Balaban J connectivity index is 1.96. The fourth-order valence-corrected chi connectivity index (χ4v) is 2.58. The van der Waals surface area contributed by atoms with Crippen LogP contribution >= 0.6 is 0 Å². The maximum absolute atomic E-state index is 12.2. The van der Waals surface area contributed by atoms with Gasteiger partial charge in [0.2, 0.25) is 5.91 Å². The summed E-state index contributed by atoms with van der Waals surface area (Å²) >= 11 is 0. The van der Waals surface area contributed by atoms with Gasteiger partial charge in [0.05, 0.1) is 12.6 Å². The largest absolute Gasteiger partial charge is 0.394 e. The van der Waals surface area contributed by atoms with Crippen LogP contribution in [-0.2, 0) is 4.79 Å². The van der Waals surface area contributed by atoms with E-state index in [1.807, 2.05) is 30.3 Å². The Hall–Kier alpha value is -1.39. The molecule has 3 unspecified atom stereocenters. The van der Waals surface area contributed by atoms with Crippen LogP contribution in [0.1, 0.15) is 31.4 Å². The van der Waals surface area contributed by atoms with Crippen molar-refractivity contribution >= 4 is 5.91 Å². The van der Waals surface area contributed by atoms with Crippen molar-refractivity contribution in [1.29, 1.82) is 0 Å². The minimum absolute atomic E-state index is 0.0500. The molecule has 2 rings (SSSR count). The molecule has 4 nitrogen and oxygen atoms in total. The highest BCUT2D eigenvalue weighted by Gasteiger charge is 2.26. The van der Waals surface area contributed by atoms with Gasteiger partial charge in [0, 0.05) is 12.0 Å². The van der Waals surface area contributed by atoms with Crippen molar-refractivity contribution in [2.75, 3.05) is 13.2 Å². The van der Waals surface area contributed by atoms with Gasteiger partial charge in [-0.25, -0.2) is 0 Å². The van der Waals surface area contributed by atoms with Crippen LogP contribution in [0, 0.1) is 5.92 Å². The van der Waals surface area contributed by atoms with E-state index in [1.54, 1.807) is 0 Å². The van der Waals surface area contributed by atoms with Gasteiger partial charge < -0.3 is 15.7 Å². The van der Waals surface area contributed by atoms with E-state index in [2.05, 4.69) is 17.6 Å². The van der Waals surface area contributed by atoms with Crippen molar-refractivity contribution in [3.05, 3.63) is 35.9 Å². The molecule has 19 heavy (non-hydrogen) atoms. The van der Waals surface area contributed by atoms with Crippen molar-refractivity contribution < 1.29 is 9.90 Å². The Bertz CT molecular complexity index is 408. The van der Waals surface area contributed by atoms with Crippen LogP contribution in [0.5, 0.6) is 0 Å². The van der Waals surface area contributed by atoms with Gasteiger partial charge in [-0.05, 0) is 31.9 Å². The highest BCUT2D eigenvalue weighted by atomic mass is 16.3. The first kappa shape index (κ1) is 14.0. The van der Waals surface area contributed by atoms with Crippen molar-refractivity contribution in [1.82, 2.24) is 10.6 Å². The number of hydrogen-bond donors (Lipinski definition) is 3. The fourth-order valence-electron chi connectivity index (χ4n) is 2.58. The molecule has 0 saturated carbocycles. The van der Waals surface area contributed by atoms with Gasteiger partial charge in [-0.3, -0.25) is 4.79 Å². The van der Waals surface area contributed by atoms with Crippen molar-refractivity contribution in [2.24, 2.45) is 5.92 Å². The smallest absolute Gasteiger partial charge is 0.223 e. The molecule has 0 radical (unpaired) electrons. The molecule has 3 N–H and O–H groups in total. The first-order valence-electron chi connectivity index (χ1n) is 6.90. The molecule has 0 spiro atoms. The number of rotatable bonds is 4. The molecule has 1 aromatic carbocycles. The van der Waals surface area contributed by atoms with Crippen LogP contribution < -0.4 is 10.6 Å². The topological polar surface area (TPSA) is 61.4 Å². The maximum atomic E-state index is 12.2. The Kier molecular flexibility index (Phi) is 4.93. The molecule has 104 valence electrons. The Morgan fingerprint density at radius 3 is 2.84 bits per heavy atom. The summed E-state index contributed by atoms with van der Waals surface area (Å²) in [5, 5.41) is 15.7. The number of benzene rings is 1. The van der Waals surface area contributed by atoms with Crippen LogP contribution in [0.25, 0.3) is 0 Å². The van der Waals surface area contributed by atoms with E-state index < -0.39 is 0 Å². The lowest BCUT2D eigenvalue weighted by Gasteiger charge is -2.28. The van der Waals surface area contributed by atoms with E-state index >= 15 is 0 Å². The third-order valence-corrected chi connectivity index (χ3v) is 3.70. The van der Waals surface area contributed by atoms with Crippen LogP contribution in [0.3, 0.4) is 0 Å². The van der Waals surface area contributed by atoms with Gasteiger partial charge >= 0.3 is 0 Å². The molecule has 1 amide bonds. The van der Waals surface area contributed by atoms with E-state index in [0.717, 1.165) is 24.9 Å². The summed E-state index contributed by atoms with van der Waals surface area (Å²) in [7, 11) is 0. The maximum Gasteiger partial charge on any atom is 0.223 e. The average molecular weight is 262 g/mol. The SMILES string of the molecule is CC1CC(C(=O)NC(CO)c2ccccc2)CCN1. The van der Waals surface area contributed by atoms with Crippen LogP contribution in [-0.4, -0.2) is 30.2 Å².